The second-order valence-corrected chi connectivity index (χ2v) is 4.19. The first-order valence-corrected chi connectivity index (χ1v) is 5.92. The molecule has 1 aliphatic rings. The highest BCUT2D eigenvalue weighted by atomic mass is 16.2. The van der Waals surface area contributed by atoms with Gasteiger partial charge in [-0.1, -0.05) is 6.42 Å². The quantitative estimate of drug-likeness (QED) is 0.700. The summed E-state index contributed by atoms with van der Waals surface area (Å²) in [5.74, 6) is 1.09. The molecule has 0 fully saturated rings. The molecule has 1 aliphatic heterocycles. The molecule has 0 spiro atoms. The highest BCUT2D eigenvalue weighted by Crippen LogP contribution is 2.05. The molecule has 2 amide bonds. The minimum atomic E-state index is -0.0513. The Balaban J connectivity index is 2.10. The lowest BCUT2D eigenvalue weighted by atomic mass is 10.2. The summed E-state index contributed by atoms with van der Waals surface area (Å²) in [6.07, 6.45) is 4.73. The predicted molar refractivity (Wildman–Crippen MR) is 65.9 cm³/mol. The van der Waals surface area contributed by atoms with Gasteiger partial charge in [0.25, 0.3) is 0 Å². The summed E-state index contributed by atoms with van der Waals surface area (Å²) in [7, 11) is 3.47. The average molecular weight is 226 g/mol. The normalized spacial score (nSPS) is 16.0. The van der Waals surface area contributed by atoms with Crippen molar-refractivity contribution in [3.8, 4) is 0 Å². The molecule has 1 rings (SSSR count). The molecule has 0 aromatic rings. The van der Waals surface area contributed by atoms with E-state index in [-0.39, 0.29) is 6.03 Å². The number of rotatable bonds is 3. The van der Waals surface area contributed by atoms with Crippen LogP contribution in [0.1, 0.15) is 25.7 Å². The fourth-order valence-corrected chi connectivity index (χ4v) is 1.55. The number of amidine groups is 1. The van der Waals surface area contributed by atoms with E-state index in [0.717, 1.165) is 25.3 Å². The predicted octanol–water partition coefficient (Wildman–Crippen LogP) is 0.820. The zero-order chi connectivity index (χ0) is 11.8. The largest absolute Gasteiger partial charge is 0.372 e. The summed E-state index contributed by atoms with van der Waals surface area (Å²) < 4.78 is 0. The Morgan fingerprint density at radius 1 is 1.31 bits per heavy atom. The summed E-state index contributed by atoms with van der Waals surface area (Å²) in [5, 5.41) is 6.08. The molecular weight excluding hydrogens is 204 g/mol. The van der Waals surface area contributed by atoms with Gasteiger partial charge in [0.15, 0.2) is 0 Å². The monoisotopic (exact) mass is 226 g/mol. The Morgan fingerprint density at radius 2 is 2.12 bits per heavy atom. The summed E-state index contributed by atoms with van der Waals surface area (Å²) in [5.41, 5.74) is 0. The number of nitrogens with zero attached hydrogens (tertiary/aromatic N) is 2. The molecule has 0 atom stereocenters. The number of nitrogens with one attached hydrogen (secondary N) is 2. The van der Waals surface area contributed by atoms with Crippen LogP contribution >= 0.6 is 0 Å². The lowest BCUT2D eigenvalue weighted by Gasteiger charge is -2.13. The highest BCUT2D eigenvalue weighted by molar-refractivity contribution is 5.82. The lowest BCUT2D eigenvalue weighted by Crippen LogP contribution is -2.39. The van der Waals surface area contributed by atoms with Crippen LogP contribution in [0.25, 0.3) is 0 Å². The molecule has 5 heteroatoms. The fourth-order valence-electron chi connectivity index (χ4n) is 1.55. The van der Waals surface area contributed by atoms with E-state index in [0.29, 0.717) is 6.54 Å². The molecule has 0 aromatic heterocycles. The zero-order valence-electron chi connectivity index (χ0n) is 10.3. The number of carbonyl (C=O) groups excluding carboxylic acids is 1. The van der Waals surface area contributed by atoms with Crippen LogP contribution < -0.4 is 10.6 Å². The van der Waals surface area contributed by atoms with Crippen molar-refractivity contribution in [2.24, 2.45) is 4.99 Å². The molecule has 0 unspecified atom stereocenters. The van der Waals surface area contributed by atoms with Gasteiger partial charge < -0.3 is 15.5 Å². The molecular formula is C11H22N4O. The molecule has 5 nitrogen and oxygen atoms in total. The van der Waals surface area contributed by atoms with Gasteiger partial charge in [-0.25, -0.2) is 4.79 Å². The van der Waals surface area contributed by atoms with E-state index in [1.165, 1.54) is 24.2 Å². The summed E-state index contributed by atoms with van der Waals surface area (Å²) >= 11 is 0. The molecule has 0 bridgehead atoms. The SMILES string of the molecule is CN(C)C(=O)NCCNC1=NCCCCC1. The minimum Gasteiger partial charge on any atom is -0.372 e. The van der Waals surface area contributed by atoms with Crippen molar-refractivity contribution in [3.63, 3.8) is 0 Å². The summed E-state index contributed by atoms with van der Waals surface area (Å²) in [6, 6.07) is -0.0513. The van der Waals surface area contributed by atoms with Gasteiger partial charge in [0.1, 0.15) is 0 Å². The molecule has 1 heterocycles. The third-order valence-corrected chi connectivity index (χ3v) is 2.51. The second-order valence-electron chi connectivity index (χ2n) is 4.19. The molecule has 0 aromatic carbocycles. The summed E-state index contributed by atoms with van der Waals surface area (Å²) in [6.45, 7) is 2.32. The number of amides is 2. The average Bonchev–Trinajstić information content (AvgIpc) is 2.52. The minimum absolute atomic E-state index is 0.0513. The van der Waals surface area contributed by atoms with Crippen LogP contribution in [-0.4, -0.2) is 50.5 Å². The molecule has 0 radical (unpaired) electrons. The molecule has 0 saturated carbocycles. The molecule has 0 aliphatic carbocycles. The van der Waals surface area contributed by atoms with E-state index in [1.807, 2.05) is 0 Å². The van der Waals surface area contributed by atoms with Crippen LogP contribution in [0.2, 0.25) is 0 Å². The van der Waals surface area contributed by atoms with Gasteiger partial charge in [0, 0.05) is 40.2 Å². The van der Waals surface area contributed by atoms with Gasteiger partial charge in [-0.05, 0) is 12.8 Å². The first kappa shape index (κ1) is 12.8. The van der Waals surface area contributed by atoms with Crippen molar-refractivity contribution in [3.05, 3.63) is 0 Å². The van der Waals surface area contributed by atoms with Crippen LogP contribution in [0.3, 0.4) is 0 Å². The fraction of sp³-hybridized carbons (Fsp3) is 0.818. The maximum Gasteiger partial charge on any atom is 0.316 e. The maximum absolute atomic E-state index is 11.2. The standard InChI is InChI=1S/C11H22N4O/c1-15(2)11(16)14-9-8-13-10-6-4-3-5-7-12-10/h3-9H2,1-2H3,(H,12,13)(H,14,16). The van der Waals surface area contributed by atoms with Gasteiger partial charge in [0.05, 0.1) is 5.84 Å². The van der Waals surface area contributed by atoms with Crippen molar-refractivity contribution in [2.75, 3.05) is 33.7 Å². The Bertz CT molecular complexity index is 250. The van der Waals surface area contributed by atoms with Gasteiger partial charge >= 0.3 is 6.03 Å². The van der Waals surface area contributed by atoms with Gasteiger partial charge in [-0.2, -0.15) is 0 Å². The highest BCUT2D eigenvalue weighted by Gasteiger charge is 2.04. The number of carbonyl (C=O) groups is 1. The van der Waals surface area contributed by atoms with Crippen molar-refractivity contribution in [1.29, 1.82) is 0 Å². The summed E-state index contributed by atoms with van der Waals surface area (Å²) in [4.78, 5) is 17.2. The maximum atomic E-state index is 11.2. The van der Waals surface area contributed by atoms with E-state index < -0.39 is 0 Å². The molecule has 92 valence electrons. The first-order valence-electron chi connectivity index (χ1n) is 5.92. The Morgan fingerprint density at radius 3 is 2.88 bits per heavy atom. The smallest absolute Gasteiger partial charge is 0.316 e. The van der Waals surface area contributed by atoms with Crippen molar-refractivity contribution >= 4 is 11.9 Å². The van der Waals surface area contributed by atoms with E-state index >= 15 is 0 Å². The van der Waals surface area contributed by atoms with Crippen molar-refractivity contribution in [1.82, 2.24) is 15.5 Å². The van der Waals surface area contributed by atoms with E-state index in [9.17, 15) is 4.79 Å². The number of hydrogen-bond acceptors (Lipinski definition) is 3. The van der Waals surface area contributed by atoms with Crippen LogP contribution in [0, 0.1) is 0 Å². The van der Waals surface area contributed by atoms with Gasteiger partial charge in [-0.3, -0.25) is 4.99 Å². The molecule has 0 saturated heterocycles. The van der Waals surface area contributed by atoms with E-state index in [1.54, 1.807) is 14.1 Å². The number of urea groups is 1. The Labute approximate surface area is 97.3 Å². The zero-order valence-corrected chi connectivity index (χ0v) is 10.3. The van der Waals surface area contributed by atoms with Crippen molar-refractivity contribution in [2.45, 2.75) is 25.7 Å². The molecule has 16 heavy (non-hydrogen) atoms. The first-order chi connectivity index (χ1) is 7.70. The van der Waals surface area contributed by atoms with E-state index in [2.05, 4.69) is 15.6 Å². The van der Waals surface area contributed by atoms with Crippen molar-refractivity contribution < 1.29 is 4.79 Å². The number of hydrogen-bond donors (Lipinski definition) is 2. The van der Waals surface area contributed by atoms with Crippen LogP contribution in [-0.2, 0) is 0 Å². The second kappa shape index (κ2) is 7.09. The van der Waals surface area contributed by atoms with Crippen LogP contribution in [0.15, 0.2) is 4.99 Å². The molecule has 2 N–H and O–H groups in total. The van der Waals surface area contributed by atoms with Crippen LogP contribution in [0.4, 0.5) is 4.79 Å². The third-order valence-electron chi connectivity index (χ3n) is 2.51. The number of aliphatic imine (C=N–C) groups is 1. The topological polar surface area (TPSA) is 56.7 Å². The van der Waals surface area contributed by atoms with Crippen LogP contribution in [0.5, 0.6) is 0 Å². The Hall–Kier alpha value is -1.26. The van der Waals surface area contributed by atoms with Gasteiger partial charge in [0.2, 0.25) is 0 Å². The third kappa shape index (κ3) is 5.00. The van der Waals surface area contributed by atoms with E-state index in [4.69, 9.17) is 0 Å². The van der Waals surface area contributed by atoms with Gasteiger partial charge in [-0.15, -0.1) is 0 Å². The lowest BCUT2D eigenvalue weighted by molar-refractivity contribution is 0.217. The Kier molecular flexibility index (Phi) is 5.67.